The molecule has 112 heavy (non-hydrogen) atoms. The van der Waals surface area contributed by atoms with Crippen molar-refractivity contribution in [1.29, 1.82) is 0 Å². The van der Waals surface area contributed by atoms with Gasteiger partial charge in [0.15, 0.2) is 49.2 Å². The summed E-state index contributed by atoms with van der Waals surface area (Å²) in [7, 11) is -6.05. The van der Waals surface area contributed by atoms with E-state index in [-0.39, 0.29) is 0 Å². The molecular weight excluding hydrogens is 1400 g/mol. The molecule has 0 aliphatic heterocycles. The summed E-state index contributed by atoms with van der Waals surface area (Å²) in [6.45, 7) is 0. The fourth-order valence-electron chi connectivity index (χ4n) is 14.1. The summed E-state index contributed by atoms with van der Waals surface area (Å²) in [5.74, 6) is 3.78. The minimum Gasteiger partial charge on any atom is -0.309 e. The number of benzene rings is 16. The van der Waals surface area contributed by atoms with Gasteiger partial charge in [-0.15, -0.1) is 0 Å². The van der Waals surface area contributed by atoms with Crippen molar-refractivity contribution in [2.45, 2.75) is 0 Å². The Kier molecular flexibility index (Phi) is 20.6. The quantitative estimate of drug-likeness (QED) is 0.0781. The summed E-state index contributed by atoms with van der Waals surface area (Å²) in [6.07, 6.45) is 0. The van der Waals surface area contributed by atoms with E-state index in [9.17, 15) is 9.13 Å². The minimum absolute atomic E-state index is 0.614. The Labute approximate surface area is 652 Å². The van der Waals surface area contributed by atoms with Crippen LogP contribution >= 0.6 is 14.3 Å². The average molecular weight is 1480 g/mol. The van der Waals surface area contributed by atoms with Gasteiger partial charge in [0.05, 0.1) is 0 Å². The van der Waals surface area contributed by atoms with Gasteiger partial charge in [-0.3, -0.25) is 0 Å². The van der Waals surface area contributed by atoms with E-state index in [1.54, 1.807) is 0 Å². The van der Waals surface area contributed by atoms with Gasteiger partial charge in [-0.1, -0.05) is 425 Å². The molecule has 18 aromatic rings. The van der Waals surface area contributed by atoms with Crippen molar-refractivity contribution in [3.8, 4) is 135 Å². The van der Waals surface area contributed by atoms with Crippen molar-refractivity contribution in [3.05, 3.63) is 437 Å². The maximum atomic E-state index is 14.8. The second kappa shape index (κ2) is 32.4. The monoisotopic (exact) mass is 1470 g/mol. The van der Waals surface area contributed by atoms with Crippen LogP contribution in [-0.2, 0) is 9.13 Å². The Morgan fingerprint density at radius 2 is 0.268 bits per heavy atom. The Balaban J connectivity index is 0.000000163. The molecule has 8 nitrogen and oxygen atoms in total. The van der Waals surface area contributed by atoms with Crippen LogP contribution in [0.2, 0.25) is 0 Å². The van der Waals surface area contributed by atoms with Crippen molar-refractivity contribution < 1.29 is 9.13 Å². The van der Waals surface area contributed by atoms with E-state index < -0.39 is 14.3 Å². The molecule has 0 saturated carbocycles. The number of nitrogens with zero attached hydrogens (tertiary/aromatic N) is 6. The van der Waals surface area contributed by atoms with Gasteiger partial charge in [0.2, 0.25) is 0 Å². The van der Waals surface area contributed by atoms with Gasteiger partial charge in [-0.05, 0) is 78.9 Å². The second-order valence-corrected chi connectivity index (χ2v) is 32.7. The van der Waals surface area contributed by atoms with Crippen LogP contribution in [0.15, 0.2) is 437 Å². The molecule has 0 bridgehead atoms. The smallest absolute Gasteiger partial charge is 0.171 e. The first kappa shape index (κ1) is 71.0. The van der Waals surface area contributed by atoms with Crippen LogP contribution in [0.25, 0.3) is 135 Å². The second-order valence-electron chi connectivity index (χ2n) is 27.2. The highest BCUT2D eigenvalue weighted by molar-refractivity contribution is 7.85. The lowest BCUT2D eigenvalue weighted by Crippen LogP contribution is -2.24. The van der Waals surface area contributed by atoms with Gasteiger partial charge in [0.1, 0.15) is 0 Å². The molecule has 0 N–H and O–H groups in total. The SMILES string of the molecule is O=P(c1ccccc1)(c1ccccc1)c1ccc(-c2ccc(-c3ccc(-c4cccc(-c5nc(-c6ccccc6)nc(-c6ccccc6)n5)c4)cc3)cc2)cc1.O=P(c1ccccc1)(c1ccccc1)c1ccc(-c2ccc(-c3cccc(-c4nc(-c5ccccc5)nc(-c5ccc(-c6ccccc6)cc5)n4)c3)cc2)cc1. The third-order valence-electron chi connectivity index (χ3n) is 20.1. The third kappa shape index (κ3) is 15.3. The Hall–Kier alpha value is -14.0. The van der Waals surface area contributed by atoms with Crippen LogP contribution in [0.5, 0.6) is 0 Å². The van der Waals surface area contributed by atoms with Crippen LogP contribution in [0.4, 0.5) is 0 Å². The molecule has 0 fully saturated rings. The van der Waals surface area contributed by atoms with Crippen molar-refractivity contribution in [2.24, 2.45) is 0 Å². The topological polar surface area (TPSA) is 111 Å². The van der Waals surface area contributed by atoms with Crippen LogP contribution < -0.4 is 31.8 Å². The van der Waals surface area contributed by atoms with Gasteiger partial charge in [0, 0.05) is 65.2 Å². The minimum atomic E-state index is -3.04. The summed E-state index contributed by atoms with van der Waals surface area (Å²) in [4.78, 5) is 29.6. The summed E-state index contributed by atoms with van der Waals surface area (Å²) < 4.78 is 29.6. The van der Waals surface area contributed by atoms with Crippen molar-refractivity contribution in [1.82, 2.24) is 29.9 Å². The highest BCUT2D eigenvalue weighted by Gasteiger charge is 2.31. The Morgan fingerprint density at radius 3 is 0.509 bits per heavy atom. The zero-order chi connectivity index (χ0) is 75.5. The lowest BCUT2D eigenvalue weighted by atomic mass is 9.97. The molecule has 18 rings (SSSR count). The molecular formula is C102H72N6O2P2. The lowest BCUT2D eigenvalue weighted by molar-refractivity contribution is 0.591. The zero-order valence-electron chi connectivity index (χ0n) is 61.0. The summed E-state index contributed by atoms with van der Waals surface area (Å²) in [6, 6.07) is 147. The molecule has 0 amide bonds. The third-order valence-corrected chi connectivity index (χ3v) is 26.3. The van der Waals surface area contributed by atoms with Crippen molar-refractivity contribution >= 4 is 46.1 Å². The molecule has 2 heterocycles. The van der Waals surface area contributed by atoms with Gasteiger partial charge >= 0.3 is 0 Å². The normalized spacial score (nSPS) is 11.3. The van der Waals surface area contributed by atoms with E-state index >= 15 is 0 Å². The van der Waals surface area contributed by atoms with Crippen LogP contribution in [0.3, 0.4) is 0 Å². The van der Waals surface area contributed by atoms with E-state index in [4.69, 9.17) is 29.9 Å². The van der Waals surface area contributed by atoms with Crippen LogP contribution in [0.1, 0.15) is 0 Å². The Morgan fingerprint density at radius 1 is 0.125 bits per heavy atom. The van der Waals surface area contributed by atoms with E-state index in [0.29, 0.717) is 34.9 Å². The molecule has 0 unspecified atom stereocenters. The summed E-state index contributed by atoms with van der Waals surface area (Å²) in [5.41, 5.74) is 18.8. The number of hydrogen-bond donors (Lipinski definition) is 0. The molecule has 0 spiro atoms. The van der Waals surface area contributed by atoms with Crippen molar-refractivity contribution in [2.75, 3.05) is 0 Å². The highest BCUT2D eigenvalue weighted by atomic mass is 31.2. The van der Waals surface area contributed by atoms with Crippen LogP contribution in [0, 0.1) is 0 Å². The number of hydrogen-bond acceptors (Lipinski definition) is 8. The first-order valence-corrected chi connectivity index (χ1v) is 40.7. The zero-order valence-corrected chi connectivity index (χ0v) is 62.8. The maximum absolute atomic E-state index is 14.8. The van der Waals surface area contributed by atoms with E-state index in [0.717, 1.165) is 132 Å². The van der Waals surface area contributed by atoms with Gasteiger partial charge in [0.25, 0.3) is 0 Å². The molecule has 0 saturated heterocycles. The summed E-state index contributed by atoms with van der Waals surface area (Å²) >= 11 is 0. The van der Waals surface area contributed by atoms with E-state index in [1.165, 1.54) is 0 Å². The molecule has 2 aromatic heterocycles. The predicted molar refractivity (Wildman–Crippen MR) is 464 cm³/mol. The predicted octanol–water partition coefficient (Wildman–Crippen LogP) is 23.0. The maximum Gasteiger partial charge on any atom is 0.171 e. The number of aromatic nitrogens is 6. The van der Waals surface area contributed by atoms with Gasteiger partial charge in [-0.2, -0.15) is 0 Å². The molecule has 0 aliphatic rings. The molecule has 0 radical (unpaired) electrons. The highest BCUT2D eigenvalue weighted by Crippen LogP contribution is 2.45. The van der Waals surface area contributed by atoms with E-state index in [2.05, 4.69) is 182 Å². The lowest BCUT2D eigenvalue weighted by Gasteiger charge is -2.20. The molecule has 532 valence electrons. The largest absolute Gasteiger partial charge is 0.309 e. The Bertz CT molecular complexity index is 6190. The molecule has 10 heteroatoms. The molecule has 0 atom stereocenters. The standard InChI is InChI=1S/2C51H36N3OP/c55-56(46-20-9-3-10-21-46,47-22-11-4-12-23-47)48-34-32-40(33-35-48)39-26-24-37(25-27-39)38-28-30-41(31-29-38)44-18-13-19-45(36-44)51-53-49(42-14-5-1-6-15-42)52-50(54-51)43-16-7-2-8-17-43;55-56(46-20-9-3-10-21-46,47-22-11-4-12-23-47)48-34-32-40(33-35-48)39-24-26-41(27-25-39)44-18-13-19-45(36-44)51-53-49(42-16-7-2-8-17-42)52-50(54-51)43-30-28-38(29-31-43)37-14-5-1-6-15-37/h2*1-36H. The molecule has 16 aromatic carbocycles. The molecule has 0 aliphatic carbocycles. The van der Waals surface area contributed by atoms with E-state index in [1.807, 2.05) is 255 Å². The number of rotatable bonds is 18. The fourth-order valence-corrected chi connectivity index (χ4v) is 19.4. The van der Waals surface area contributed by atoms with Gasteiger partial charge in [-0.25, -0.2) is 29.9 Å². The van der Waals surface area contributed by atoms with Crippen LogP contribution in [-0.4, -0.2) is 29.9 Å². The first-order chi connectivity index (χ1) is 55.2. The fraction of sp³-hybridized carbons (Fsp3) is 0. The van der Waals surface area contributed by atoms with Crippen molar-refractivity contribution in [3.63, 3.8) is 0 Å². The average Bonchev–Trinajstić information content (AvgIpc) is 0.754. The first-order valence-electron chi connectivity index (χ1n) is 37.2. The summed E-state index contributed by atoms with van der Waals surface area (Å²) in [5, 5.41) is 4.95. The van der Waals surface area contributed by atoms with Gasteiger partial charge < -0.3 is 9.13 Å².